The predicted octanol–water partition coefficient (Wildman–Crippen LogP) is 1.76. The predicted molar refractivity (Wildman–Crippen MR) is 73.8 cm³/mol. The third kappa shape index (κ3) is 3.26. The fraction of sp³-hybridized carbons (Fsp3) is 0.429. The molecule has 0 saturated carbocycles. The number of rotatable bonds is 3. The molecule has 0 spiro atoms. The fourth-order valence-corrected chi connectivity index (χ4v) is 2.53. The van der Waals surface area contributed by atoms with Crippen LogP contribution in [0.5, 0.6) is 0 Å². The van der Waals surface area contributed by atoms with Crippen LogP contribution < -0.4 is 5.73 Å². The second-order valence-corrected chi connectivity index (χ2v) is 5.09. The third-order valence-corrected chi connectivity index (χ3v) is 3.75. The number of hydrogen-bond donors (Lipinski definition) is 1. The van der Waals surface area contributed by atoms with Crippen LogP contribution in [0.4, 0.5) is 0 Å². The molecule has 1 aliphatic heterocycles. The summed E-state index contributed by atoms with van der Waals surface area (Å²) in [5.74, 6) is -0.232. The topological polar surface area (TPSA) is 63.4 Å². The summed E-state index contributed by atoms with van der Waals surface area (Å²) >= 11 is 5.77. The monoisotopic (exact) mass is 280 g/mol. The summed E-state index contributed by atoms with van der Waals surface area (Å²) in [5.41, 5.74) is 6.85. The Morgan fingerprint density at radius 2 is 2.21 bits per heavy atom. The fourth-order valence-electron chi connectivity index (χ4n) is 2.36. The standard InChI is InChI=1S/C14H17ClN2O2/c15-8-10-3-1-4-11(7-10)14(19)17-6-2-5-12(9-17)13(16)18/h1,3-4,7,12H,2,5-6,8-9H2,(H2,16,18). The molecule has 0 aromatic heterocycles. The Morgan fingerprint density at radius 3 is 2.89 bits per heavy atom. The number of carbonyl (C=O) groups is 2. The Labute approximate surface area is 117 Å². The first-order valence-electron chi connectivity index (χ1n) is 6.35. The van der Waals surface area contributed by atoms with Crippen molar-refractivity contribution >= 4 is 23.4 Å². The molecule has 1 heterocycles. The van der Waals surface area contributed by atoms with E-state index >= 15 is 0 Å². The lowest BCUT2D eigenvalue weighted by Crippen LogP contribution is -2.44. The molecule has 5 heteroatoms. The highest BCUT2D eigenvalue weighted by Gasteiger charge is 2.27. The second-order valence-electron chi connectivity index (χ2n) is 4.83. The highest BCUT2D eigenvalue weighted by atomic mass is 35.5. The summed E-state index contributed by atoms with van der Waals surface area (Å²) in [6.45, 7) is 1.09. The van der Waals surface area contributed by atoms with Gasteiger partial charge < -0.3 is 10.6 Å². The SMILES string of the molecule is NC(=O)C1CCCN(C(=O)c2cccc(CCl)c2)C1. The van der Waals surface area contributed by atoms with Gasteiger partial charge in [0.15, 0.2) is 0 Å². The molecule has 2 N–H and O–H groups in total. The molecule has 19 heavy (non-hydrogen) atoms. The van der Waals surface area contributed by atoms with E-state index in [4.69, 9.17) is 17.3 Å². The van der Waals surface area contributed by atoms with Gasteiger partial charge in [-0.1, -0.05) is 12.1 Å². The van der Waals surface area contributed by atoms with Crippen LogP contribution in [-0.4, -0.2) is 29.8 Å². The molecule has 2 amide bonds. The van der Waals surface area contributed by atoms with Crippen LogP contribution >= 0.6 is 11.6 Å². The van der Waals surface area contributed by atoms with Gasteiger partial charge in [0.2, 0.25) is 5.91 Å². The van der Waals surface area contributed by atoms with Crippen LogP contribution in [0.25, 0.3) is 0 Å². The normalized spacial score (nSPS) is 19.2. The van der Waals surface area contributed by atoms with Gasteiger partial charge in [-0.2, -0.15) is 0 Å². The summed E-state index contributed by atoms with van der Waals surface area (Å²) in [6.07, 6.45) is 1.58. The summed E-state index contributed by atoms with van der Waals surface area (Å²) in [7, 11) is 0. The molecule has 102 valence electrons. The molecule has 1 fully saturated rings. The van der Waals surface area contributed by atoms with Gasteiger partial charge in [-0.25, -0.2) is 0 Å². The highest BCUT2D eigenvalue weighted by molar-refractivity contribution is 6.17. The van der Waals surface area contributed by atoms with E-state index in [0.717, 1.165) is 18.4 Å². The Morgan fingerprint density at radius 1 is 1.42 bits per heavy atom. The summed E-state index contributed by atoms with van der Waals surface area (Å²) in [4.78, 5) is 25.3. The lowest BCUT2D eigenvalue weighted by Gasteiger charge is -2.31. The van der Waals surface area contributed by atoms with Gasteiger partial charge in [0, 0.05) is 24.5 Å². The number of benzene rings is 1. The van der Waals surface area contributed by atoms with E-state index in [2.05, 4.69) is 0 Å². The quantitative estimate of drug-likeness (QED) is 0.858. The van der Waals surface area contributed by atoms with Crippen LogP contribution in [-0.2, 0) is 10.7 Å². The molecule has 1 aromatic rings. The van der Waals surface area contributed by atoms with E-state index in [-0.39, 0.29) is 17.7 Å². The number of nitrogens with two attached hydrogens (primary N) is 1. The minimum Gasteiger partial charge on any atom is -0.369 e. The van der Waals surface area contributed by atoms with E-state index in [1.165, 1.54) is 0 Å². The maximum Gasteiger partial charge on any atom is 0.253 e. The molecule has 0 aliphatic carbocycles. The Kier molecular flexibility index (Phi) is 4.43. The zero-order valence-corrected chi connectivity index (χ0v) is 11.4. The maximum absolute atomic E-state index is 12.4. The first-order valence-corrected chi connectivity index (χ1v) is 6.88. The molecular formula is C14H17ClN2O2. The molecule has 0 bridgehead atoms. The van der Waals surface area contributed by atoms with E-state index in [9.17, 15) is 9.59 Å². The number of likely N-dealkylation sites (tertiary alicyclic amines) is 1. The van der Waals surface area contributed by atoms with Crippen molar-refractivity contribution in [1.82, 2.24) is 4.90 Å². The van der Waals surface area contributed by atoms with Crippen LogP contribution in [0.2, 0.25) is 0 Å². The maximum atomic E-state index is 12.4. The van der Waals surface area contributed by atoms with E-state index in [1.807, 2.05) is 12.1 Å². The Balaban J connectivity index is 2.12. The zero-order valence-electron chi connectivity index (χ0n) is 10.6. The van der Waals surface area contributed by atoms with Gasteiger partial charge in [-0.15, -0.1) is 11.6 Å². The largest absolute Gasteiger partial charge is 0.369 e. The molecule has 1 unspecified atom stereocenters. The van der Waals surface area contributed by atoms with Crippen LogP contribution in [0.3, 0.4) is 0 Å². The Bertz CT molecular complexity index is 490. The van der Waals surface area contributed by atoms with Crippen LogP contribution in [0.15, 0.2) is 24.3 Å². The first-order chi connectivity index (χ1) is 9.11. The number of halogens is 1. The van der Waals surface area contributed by atoms with E-state index in [1.54, 1.807) is 17.0 Å². The zero-order chi connectivity index (χ0) is 13.8. The number of carbonyl (C=O) groups excluding carboxylic acids is 2. The Hall–Kier alpha value is -1.55. The number of hydrogen-bond acceptors (Lipinski definition) is 2. The molecule has 0 radical (unpaired) electrons. The highest BCUT2D eigenvalue weighted by Crippen LogP contribution is 2.19. The molecule has 1 saturated heterocycles. The molecule has 1 aliphatic rings. The van der Waals surface area contributed by atoms with Crippen molar-refractivity contribution in [1.29, 1.82) is 0 Å². The van der Waals surface area contributed by atoms with Gasteiger partial charge in [-0.05, 0) is 30.5 Å². The molecule has 4 nitrogen and oxygen atoms in total. The minimum absolute atomic E-state index is 0.0575. The van der Waals surface area contributed by atoms with Crippen molar-refractivity contribution in [3.05, 3.63) is 35.4 Å². The van der Waals surface area contributed by atoms with Crippen LogP contribution in [0, 0.1) is 5.92 Å². The molecular weight excluding hydrogens is 264 g/mol. The molecule has 2 rings (SSSR count). The van der Waals surface area contributed by atoms with E-state index in [0.29, 0.717) is 24.5 Å². The number of amides is 2. The number of nitrogens with zero attached hydrogens (tertiary/aromatic N) is 1. The van der Waals surface area contributed by atoms with Crippen LogP contribution in [0.1, 0.15) is 28.8 Å². The number of primary amides is 1. The van der Waals surface area contributed by atoms with Gasteiger partial charge in [0.25, 0.3) is 5.91 Å². The molecule has 1 atom stereocenters. The molecule has 1 aromatic carbocycles. The van der Waals surface area contributed by atoms with Crippen molar-refractivity contribution in [2.75, 3.05) is 13.1 Å². The minimum atomic E-state index is -0.327. The average Bonchev–Trinajstić information content (AvgIpc) is 2.46. The average molecular weight is 281 g/mol. The number of piperidine rings is 1. The van der Waals surface area contributed by atoms with Crippen molar-refractivity contribution in [2.45, 2.75) is 18.7 Å². The lowest BCUT2D eigenvalue weighted by molar-refractivity contribution is -0.123. The van der Waals surface area contributed by atoms with E-state index < -0.39 is 0 Å². The van der Waals surface area contributed by atoms with Gasteiger partial charge in [0.05, 0.1) is 5.92 Å². The summed E-state index contributed by atoms with van der Waals surface area (Å²) in [6, 6.07) is 7.27. The first kappa shape index (κ1) is 13.9. The van der Waals surface area contributed by atoms with Gasteiger partial charge in [0.1, 0.15) is 0 Å². The van der Waals surface area contributed by atoms with Gasteiger partial charge >= 0.3 is 0 Å². The summed E-state index contributed by atoms with van der Waals surface area (Å²) in [5, 5.41) is 0. The summed E-state index contributed by atoms with van der Waals surface area (Å²) < 4.78 is 0. The van der Waals surface area contributed by atoms with Gasteiger partial charge in [-0.3, -0.25) is 9.59 Å². The van der Waals surface area contributed by atoms with Crippen molar-refractivity contribution in [3.63, 3.8) is 0 Å². The second kappa shape index (κ2) is 6.06. The smallest absolute Gasteiger partial charge is 0.253 e. The van der Waals surface area contributed by atoms with Crippen molar-refractivity contribution in [3.8, 4) is 0 Å². The number of alkyl halides is 1. The van der Waals surface area contributed by atoms with Crippen molar-refractivity contribution in [2.24, 2.45) is 11.7 Å². The lowest BCUT2D eigenvalue weighted by atomic mass is 9.97. The van der Waals surface area contributed by atoms with Crippen molar-refractivity contribution < 1.29 is 9.59 Å². The third-order valence-electron chi connectivity index (χ3n) is 3.44.